The van der Waals surface area contributed by atoms with Gasteiger partial charge in [0.2, 0.25) is 0 Å². The number of hydrogen-bond acceptors (Lipinski definition) is 1. The van der Waals surface area contributed by atoms with Crippen molar-refractivity contribution < 1.29 is 4.79 Å². The Balaban J connectivity index is 1.99. The van der Waals surface area contributed by atoms with Gasteiger partial charge in [-0.15, -0.1) is 0 Å². The maximum absolute atomic E-state index is 12.7. The van der Waals surface area contributed by atoms with Crippen LogP contribution in [0.2, 0.25) is 0 Å². The summed E-state index contributed by atoms with van der Waals surface area (Å²) in [6.07, 6.45) is 12.8. The van der Waals surface area contributed by atoms with Crippen LogP contribution in [-0.4, -0.2) is 5.78 Å². The van der Waals surface area contributed by atoms with Crippen molar-refractivity contribution in [2.24, 2.45) is 17.3 Å². The second-order valence-corrected chi connectivity index (χ2v) is 5.98. The van der Waals surface area contributed by atoms with Crippen LogP contribution in [0.1, 0.15) is 64.2 Å². The van der Waals surface area contributed by atoms with Gasteiger partial charge >= 0.3 is 0 Å². The van der Waals surface area contributed by atoms with Crippen molar-refractivity contribution >= 4 is 5.78 Å². The molecule has 0 unspecified atom stereocenters. The smallest absolute Gasteiger partial charge is 0.142 e. The first-order valence-electron chi connectivity index (χ1n) is 6.87. The Morgan fingerprint density at radius 2 is 1.60 bits per heavy atom. The Morgan fingerprint density at radius 3 is 2.53 bits per heavy atom. The topological polar surface area (TPSA) is 17.1 Å². The molecule has 1 spiro atoms. The van der Waals surface area contributed by atoms with E-state index in [0.717, 1.165) is 5.92 Å². The van der Waals surface area contributed by atoms with Crippen molar-refractivity contribution in [2.75, 3.05) is 0 Å². The summed E-state index contributed by atoms with van der Waals surface area (Å²) in [7, 11) is 0. The van der Waals surface area contributed by atoms with Gasteiger partial charge in [-0.2, -0.15) is 0 Å². The lowest BCUT2D eigenvalue weighted by molar-refractivity contribution is -0.134. The third-order valence-corrected chi connectivity index (χ3v) is 5.35. The maximum atomic E-state index is 12.7. The van der Waals surface area contributed by atoms with Gasteiger partial charge in [0.05, 0.1) is 0 Å². The van der Waals surface area contributed by atoms with Crippen molar-refractivity contribution in [3.8, 4) is 0 Å². The SMILES string of the molecule is O=C1[C@@H]2CCCC[C@@]13CCC[C@H]3CCC2. The van der Waals surface area contributed by atoms with E-state index >= 15 is 0 Å². The van der Waals surface area contributed by atoms with E-state index in [-0.39, 0.29) is 5.41 Å². The third kappa shape index (κ3) is 1.38. The molecule has 3 atom stereocenters. The van der Waals surface area contributed by atoms with Gasteiger partial charge in [-0.25, -0.2) is 0 Å². The average Bonchev–Trinajstić information content (AvgIpc) is 2.54. The highest BCUT2D eigenvalue weighted by Gasteiger charge is 2.51. The molecule has 3 rings (SSSR count). The minimum Gasteiger partial charge on any atom is -0.299 e. The zero-order valence-corrected chi connectivity index (χ0v) is 9.63. The van der Waals surface area contributed by atoms with E-state index in [1.54, 1.807) is 0 Å². The monoisotopic (exact) mass is 206 g/mol. The van der Waals surface area contributed by atoms with E-state index in [2.05, 4.69) is 0 Å². The molecule has 0 aromatic carbocycles. The van der Waals surface area contributed by atoms with E-state index in [1.165, 1.54) is 64.2 Å². The largest absolute Gasteiger partial charge is 0.299 e. The van der Waals surface area contributed by atoms with Gasteiger partial charge in [-0.05, 0) is 44.4 Å². The van der Waals surface area contributed by atoms with Crippen LogP contribution in [0.15, 0.2) is 0 Å². The fourth-order valence-electron chi connectivity index (χ4n) is 4.60. The molecule has 3 saturated carbocycles. The Kier molecular flexibility index (Phi) is 2.37. The van der Waals surface area contributed by atoms with Crippen LogP contribution in [0.5, 0.6) is 0 Å². The molecule has 0 aromatic heterocycles. The van der Waals surface area contributed by atoms with Crippen molar-refractivity contribution in [2.45, 2.75) is 64.2 Å². The highest BCUT2D eigenvalue weighted by Crippen LogP contribution is 2.55. The molecule has 0 amide bonds. The Morgan fingerprint density at radius 1 is 0.867 bits per heavy atom. The molecule has 1 heteroatoms. The zero-order chi connectivity index (χ0) is 10.3. The van der Waals surface area contributed by atoms with Crippen molar-refractivity contribution in [1.82, 2.24) is 0 Å². The molecule has 15 heavy (non-hydrogen) atoms. The van der Waals surface area contributed by atoms with Crippen LogP contribution in [0.4, 0.5) is 0 Å². The van der Waals surface area contributed by atoms with Gasteiger partial charge < -0.3 is 0 Å². The number of fused-ring (bicyclic) bond motifs is 1. The Bertz CT molecular complexity index is 271. The van der Waals surface area contributed by atoms with Crippen LogP contribution in [0.25, 0.3) is 0 Å². The molecule has 0 saturated heterocycles. The van der Waals surface area contributed by atoms with Crippen LogP contribution < -0.4 is 0 Å². The van der Waals surface area contributed by atoms with E-state index in [0.29, 0.717) is 11.7 Å². The standard InChI is InChI=1S/C14H22O/c15-13-11-5-1-2-9-14(13)10-4-8-12(14)7-3-6-11/h11-12H,1-10H2/t11-,12-,14+/m1/s1. The normalized spacial score (nSPS) is 45.7. The van der Waals surface area contributed by atoms with Gasteiger partial charge in [0, 0.05) is 11.3 Å². The summed E-state index contributed by atoms with van der Waals surface area (Å²) in [6, 6.07) is 0. The first-order valence-corrected chi connectivity index (χ1v) is 6.87. The summed E-state index contributed by atoms with van der Waals surface area (Å²) >= 11 is 0. The van der Waals surface area contributed by atoms with E-state index in [9.17, 15) is 4.79 Å². The lowest BCUT2D eigenvalue weighted by atomic mass is 9.69. The van der Waals surface area contributed by atoms with Gasteiger partial charge in [0.15, 0.2) is 0 Å². The van der Waals surface area contributed by atoms with Gasteiger partial charge in [-0.1, -0.05) is 25.7 Å². The molecule has 0 aliphatic heterocycles. The number of ketones is 1. The molecule has 3 fully saturated rings. The quantitative estimate of drug-likeness (QED) is 0.590. The van der Waals surface area contributed by atoms with Crippen LogP contribution in [0, 0.1) is 17.3 Å². The molecule has 3 aliphatic carbocycles. The average molecular weight is 206 g/mol. The second-order valence-electron chi connectivity index (χ2n) is 5.98. The van der Waals surface area contributed by atoms with Gasteiger partial charge in [-0.3, -0.25) is 4.79 Å². The number of hydrogen-bond donors (Lipinski definition) is 0. The van der Waals surface area contributed by atoms with E-state index < -0.39 is 0 Å². The van der Waals surface area contributed by atoms with E-state index in [1.807, 2.05) is 0 Å². The first-order chi connectivity index (χ1) is 7.33. The van der Waals surface area contributed by atoms with Crippen molar-refractivity contribution in [1.29, 1.82) is 0 Å². The number of carbonyl (C=O) groups is 1. The second kappa shape index (κ2) is 3.61. The lowest BCUT2D eigenvalue weighted by Crippen LogP contribution is -2.36. The first kappa shape index (κ1) is 9.86. The predicted octanol–water partition coefficient (Wildman–Crippen LogP) is 3.72. The van der Waals surface area contributed by atoms with Gasteiger partial charge in [0.25, 0.3) is 0 Å². The minimum atomic E-state index is 0.178. The van der Waals surface area contributed by atoms with Crippen molar-refractivity contribution in [3.05, 3.63) is 0 Å². The number of rotatable bonds is 0. The Hall–Kier alpha value is -0.330. The summed E-state index contributed by atoms with van der Waals surface area (Å²) in [4.78, 5) is 12.7. The van der Waals surface area contributed by atoms with Crippen LogP contribution in [0.3, 0.4) is 0 Å². The molecule has 0 N–H and O–H groups in total. The molecule has 0 aromatic rings. The summed E-state index contributed by atoms with van der Waals surface area (Å²) in [5, 5.41) is 0. The lowest BCUT2D eigenvalue weighted by Gasteiger charge is -2.33. The molecule has 1 nitrogen and oxygen atoms in total. The van der Waals surface area contributed by atoms with Crippen LogP contribution in [-0.2, 0) is 4.79 Å². The summed E-state index contributed by atoms with van der Waals surface area (Å²) in [6.45, 7) is 0. The summed E-state index contributed by atoms with van der Waals surface area (Å²) in [5.41, 5.74) is 0.178. The molecule has 2 bridgehead atoms. The molecule has 0 heterocycles. The summed E-state index contributed by atoms with van der Waals surface area (Å²) in [5.74, 6) is 1.92. The van der Waals surface area contributed by atoms with E-state index in [4.69, 9.17) is 0 Å². The Labute approximate surface area is 92.6 Å². The molecule has 3 aliphatic rings. The fraction of sp³-hybridized carbons (Fsp3) is 0.929. The highest BCUT2D eigenvalue weighted by molar-refractivity contribution is 5.88. The number of carbonyl (C=O) groups excluding carboxylic acids is 1. The number of Topliss-reactive ketones (excluding diaryl/α,β-unsaturated/α-hetero) is 1. The summed E-state index contributed by atoms with van der Waals surface area (Å²) < 4.78 is 0. The third-order valence-electron chi connectivity index (χ3n) is 5.35. The maximum Gasteiger partial charge on any atom is 0.142 e. The zero-order valence-electron chi connectivity index (χ0n) is 9.63. The van der Waals surface area contributed by atoms with Crippen LogP contribution >= 0.6 is 0 Å². The van der Waals surface area contributed by atoms with Gasteiger partial charge in [0.1, 0.15) is 5.78 Å². The minimum absolute atomic E-state index is 0.178. The molecule has 84 valence electrons. The predicted molar refractivity (Wildman–Crippen MR) is 60.6 cm³/mol. The van der Waals surface area contributed by atoms with Crippen molar-refractivity contribution in [3.63, 3.8) is 0 Å². The molecular weight excluding hydrogens is 184 g/mol. The molecular formula is C14H22O. The fourth-order valence-corrected chi connectivity index (χ4v) is 4.60. The molecule has 0 radical (unpaired) electrons. The highest BCUT2D eigenvalue weighted by atomic mass is 16.1.